The number of nitrogen functional groups attached to an aromatic ring is 1. The van der Waals surface area contributed by atoms with Gasteiger partial charge in [0.15, 0.2) is 0 Å². The number of hydrogen-bond donors (Lipinski definition) is 5. The number of nitrogens with zero attached hydrogens (tertiary/aromatic N) is 2. The highest BCUT2D eigenvalue weighted by Gasteiger charge is 2.23. The zero-order valence-corrected chi connectivity index (χ0v) is 26.3. The predicted octanol–water partition coefficient (Wildman–Crippen LogP) is 6.81. The molecular formula is C32H39Cl2N7S. The summed E-state index contributed by atoms with van der Waals surface area (Å²) in [6.45, 7) is 11.8. The summed E-state index contributed by atoms with van der Waals surface area (Å²) in [6.07, 6.45) is 3.33. The van der Waals surface area contributed by atoms with Crippen molar-refractivity contribution in [2.75, 3.05) is 26.7 Å². The van der Waals surface area contributed by atoms with Gasteiger partial charge < -0.3 is 21.3 Å². The fraction of sp³-hybridized carbons (Fsp3) is 0.281. The number of benzene rings is 3. The minimum atomic E-state index is 0.0529. The zero-order chi connectivity index (χ0) is 30.1. The minimum Gasteiger partial charge on any atom is -0.384 e. The van der Waals surface area contributed by atoms with Crippen molar-refractivity contribution < 1.29 is 0 Å². The molecule has 1 heterocycles. The number of likely N-dealkylation sites (tertiary alicyclic amines) is 1. The number of hydrazine groups is 1. The van der Waals surface area contributed by atoms with Gasteiger partial charge in [0.2, 0.25) is 0 Å². The molecule has 1 saturated heterocycles. The second kappa shape index (κ2) is 15.3. The summed E-state index contributed by atoms with van der Waals surface area (Å²) in [6, 6.07) is 21.6. The van der Waals surface area contributed by atoms with Crippen LogP contribution in [0.15, 0.2) is 96.4 Å². The molecule has 42 heavy (non-hydrogen) atoms. The average Bonchev–Trinajstić information content (AvgIpc) is 2.99. The molecule has 1 fully saturated rings. The van der Waals surface area contributed by atoms with Crippen molar-refractivity contribution in [2.45, 2.75) is 30.7 Å². The van der Waals surface area contributed by atoms with E-state index in [9.17, 15) is 0 Å². The highest BCUT2D eigenvalue weighted by atomic mass is 35.5. The summed E-state index contributed by atoms with van der Waals surface area (Å²) in [5.41, 5.74) is 9.45. The molecule has 0 aliphatic carbocycles. The maximum Gasteiger partial charge on any atom is 0.122 e. The Morgan fingerprint density at radius 3 is 2.55 bits per heavy atom. The summed E-state index contributed by atoms with van der Waals surface area (Å²) in [5, 5.41) is 17.5. The highest BCUT2D eigenvalue weighted by Crippen LogP contribution is 2.32. The second-order valence-electron chi connectivity index (χ2n) is 10.3. The fourth-order valence-corrected chi connectivity index (χ4v) is 6.16. The van der Waals surface area contributed by atoms with Crippen LogP contribution in [-0.4, -0.2) is 42.4 Å². The Balaban J connectivity index is 1.45. The van der Waals surface area contributed by atoms with E-state index in [0.29, 0.717) is 28.1 Å². The molecule has 0 unspecified atom stereocenters. The highest BCUT2D eigenvalue weighted by molar-refractivity contribution is 7.97. The molecule has 0 bridgehead atoms. The van der Waals surface area contributed by atoms with Crippen LogP contribution in [0.4, 0.5) is 0 Å². The first-order valence-corrected chi connectivity index (χ1v) is 15.5. The first-order valence-electron chi connectivity index (χ1n) is 14.0. The lowest BCUT2D eigenvalue weighted by Gasteiger charge is -2.39. The maximum absolute atomic E-state index is 7.86. The van der Waals surface area contributed by atoms with Gasteiger partial charge in [-0.25, -0.2) is 0 Å². The minimum absolute atomic E-state index is 0.0529. The molecule has 3 aromatic rings. The van der Waals surface area contributed by atoms with Crippen molar-refractivity contribution in [1.29, 1.82) is 5.41 Å². The SMILES string of the molecule is C=C(NC)NCCC1CCN(C(=C)N(Cc2cccc(C(=N)N)c2)NSc2cccc(-c3ccc(Cl)cc3Cl)c2)CC1. The van der Waals surface area contributed by atoms with E-state index >= 15 is 0 Å². The summed E-state index contributed by atoms with van der Waals surface area (Å²) in [7, 11) is 1.87. The normalized spacial score (nSPS) is 13.5. The molecule has 3 aromatic carbocycles. The molecule has 10 heteroatoms. The van der Waals surface area contributed by atoms with Gasteiger partial charge in [-0.05, 0) is 78.6 Å². The van der Waals surface area contributed by atoms with Gasteiger partial charge in [0.1, 0.15) is 11.7 Å². The van der Waals surface area contributed by atoms with Gasteiger partial charge in [-0.15, -0.1) is 0 Å². The van der Waals surface area contributed by atoms with Gasteiger partial charge in [0.25, 0.3) is 0 Å². The predicted molar refractivity (Wildman–Crippen MR) is 178 cm³/mol. The number of rotatable bonds is 14. The van der Waals surface area contributed by atoms with Crippen LogP contribution in [0.3, 0.4) is 0 Å². The van der Waals surface area contributed by atoms with E-state index in [1.54, 1.807) is 6.07 Å². The molecule has 1 aliphatic heterocycles. The van der Waals surface area contributed by atoms with Crippen LogP contribution in [0.25, 0.3) is 11.1 Å². The summed E-state index contributed by atoms with van der Waals surface area (Å²) in [4.78, 5) is 6.92. The zero-order valence-electron chi connectivity index (χ0n) is 23.9. The Labute approximate surface area is 263 Å². The summed E-state index contributed by atoms with van der Waals surface area (Å²) in [5.74, 6) is 2.48. The van der Waals surface area contributed by atoms with Crippen molar-refractivity contribution in [2.24, 2.45) is 11.7 Å². The smallest absolute Gasteiger partial charge is 0.122 e. The average molecular weight is 625 g/mol. The van der Waals surface area contributed by atoms with Crippen molar-refractivity contribution in [3.8, 4) is 11.1 Å². The molecule has 0 atom stereocenters. The Morgan fingerprint density at radius 1 is 1.07 bits per heavy atom. The Kier molecular flexibility index (Phi) is 11.5. The largest absolute Gasteiger partial charge is 0.384 e. The molecule has 222 valence electrons. The van der Waals surface area contributed by atoms with Crippen LogP contribution in [-0.2, 0) is 6.54 Å². The van der Waals surface area contributed by atoms with Crippen molar-refractivity contribution >= 4 is 41.0 Å². The molecule has 6 N–H and O–H groups in total. The number of hydrogen-bond acceptors (Lipinski definition) is 7. The van der Waals surface area contributed by atoms with Crippen molar-refractivity contribution in [3.63, 3.8) is 0 Å². The van der Waals surface area contributed by atoms with E-state index in [1.165, 1.54) is 11.9 Å². The van der Waals surface area contributed by atoms with Gasteiger partial charge in [-0.3, -0.25) is 10.4 Å². The van der Waals surface area contributed by atoms with Crippen LogP contribution in [0.1, 0.15) is 30.4 Å². The summed E-state index contributed by atoms with van der Waals surface area (Å²) >= 11 is 14.1. The van der Waals surface area contributed by atoms with Crippen LogP contribution < -0.4 is 21.2 Å². The van der Waals surface area contributed by atoms with Gasteiger partial charge in [0.05, 0.1) is 12.4 Å². The van der Waals surface area contributed by atoms with Gasteiger partial charge in [0, 0.05) is 52.7 Å². The lowest BCUT2D eigenvalue weighted by molar-refractivity contribution is 0.144. The van der Waals surface area contributed by atoms with Crippen LogP contribution in [0, 0.1) is 11.3 Å². The number of nitrogens with one attached hydrogen (secondary N) is 4. The van der Waals surface area contributed by atoms with Crippen molar-refractivity contribution in [3.05, 3.63) is 113 Å². The first kappa shape index (κ1) is 31.6. The lowest BCUT2D eigenvalue weighted by Crippen LogP contribution is -2.43. The Morgan fingerprint density at radius 2 is 1.83 bits per heavy atom. The second-order valence-corrected chi connectivity index (χ2v) is 12.0. The Bertz CT molecular complexity index is 1410. The van der Waals surface area contributed by atoms with Gasteiger partial charge in [-0.1, -0.05) is 72.8 Å². The molecule has 0 saturated carbocycles. The maximum atomic E-state index is 7.86. The third kappa shape index (κ3) is 8.85. The molecule has 0 amide bonds. The van der Waals surface area contributed by atoms with E-state index in [2.05, 4.69) is 50.7 Å². The number of amidine groups is 1. The van der Waals surface area contributed by atoms with E-state index in [0.717, 1.165) is 72.1 Å². The van der Waals surface area contributed by atoms with E-state index < -0.39 is 0 Å². The number of nitrogens with two attached hydrogens (primary N) is 1. The third-order valence-corrected chi connectivity index (χ3v) is 8.76. The van der Waals surface area contributed by atoms with Crippen LogP contribution >= 0.6 is 35.1 Å². The van der Waals surface area contributed by atoms with E-state index in [-0.39, 0.29) is 5.84 Å². The molecule has 7 nitrogen and oxygen atoms in total. The quantitative estimate of drug-likeness (QED) is 0.0583. The van der Waals surface area contributed by atoms with E-state index in [4.69, 9.17) is 34.3 Å². The molecular weight excluding hydrogens is 585 g/mol. The fourth-order valence-electron chi connectivity index (χ4n) is 4.92. The molecule has 0 aromatic heterocycles. The molecule has 4 rings (SSSR count). The third-order valence-electron chi connectivity index (χ3n) is 7.41. The monoisotopic (exact) mass is 623 g/mol. The topological polar surface area (TPSA) is 92.4 Å². The van der Waals surface area contributed by atoms with Crippen LogP contribution in [0.2, 0.25) is 10.0 Å². The van der Waals surface area contributed by atoms with Gasteiger partial charge in [-0.2, -0.15) is 4.83 Å². The molecule has 1 aliphatic rings. The number of piperidine rings is 1. The number of halogens is 2. The summed E-state index contributed by atoms with van der Waals surface area (Å²) < 4.78 is 0. The first-order chi connectivity index (χ1) is 20.2. The van der Waals surface area contributed by atoms with E-state index in [1.807, 2.05) is 55.6 Å². The molecule has 0 spiro atoms. The lowest BCUT2D eigenvalue weighted by atomic mass is 9.93. The van der Waals surface area contributed by atoms with Gasteiger partial charge >= 0.3 is 0 Å². The molecule has 0 radical (unpaired) electrons. The van der Waals surface area contributed by atoms with Crippen molar-refractivity contribution in [1.82, 2.24) is 25.4 Å². The Hall–Kier alpha value is -3.30. The van der Waals surface area contributed by atoms with Crippen LogP contribution in [0.5, 0.6) is 0 Å². The standard InChI is InChI=1S/C32H39Cl2N7S/c1-22(37-3)38-15-12-24-13-16-40(17-14-24)23(2)41(21-25-6-4-8-27(18-25)32(35)36)39-42-29-9-5-7-26(19-29)30-11-10-28(33)20-31(30)34/h4-11,18-20,24,37-39H,1-2,12-17,21H2,3H3,(H3,35,36).